The van der Waals surface area contributed by atoms with E-state index in [0.717, 1.165) is 15.4 Å². The minimum Gasteiger partial charge on any atom is -0.493 e. The van der Waals surface area contributed by atoms with Gasteiger partial charge in [-0.3, -0.25) is 19.4 Å². The van der Waals surface area contributed by atoms with Crippen molar-refractivity contribution < 1.29 is 23.9 Å². The molecular formula is C19H27N3O5. The zero-order valence-electron chi connectivity index (χ0n) is 16.5. The Morgan fingerprint density at radius 3 is 2.33 bits per heavy atom. The molecule has 0 unspecified atom stereocenters. The first-order valence-electron chi connectivity index (χ1n) is 8.94. The summed E-state index contributed by atoms with van der Waals surface area (Å²) in [5.74, 6) is -0.165. The predicted octanol–water partition coefficient (Wildman–Crippen LogP) is 1.93. The van der Waals surface area contributed by atoms with Crippen molar-refractivity contribution >= 4 is 17.8 Å². The number of hydrogen-bond acceptors (Lipinski definition) is 6. The van der Waals surface area contributed by atoms with Gasteiger partial charge in [-0.1, -0.05) is 19.9 Å². The third-order valence-electron chi connectivity index (χ3n) is 4.05. The Bertz CT molecular complexity index is 719. The number of amides is 4. The molecule has 27 heavy (non-hydrogen) atoms. The zero-order chi connectivity index (χ0) is 20.1. The van der Waals surface area contributed by atoms with Gasteiger partial charge in [0.15, 0.2) is 11.5 Å². The van der Waals surface area contributed by atoms with E-state index in [0.29, 0.717) is 24.7 Å². The lowest BCUT2D eigenvalue weighted by Gasteiger charge is -2.23. The van der Waals surface area contributed by atoms with Crippen molar-refractivity contribution in [3.63, 3.8) is 0 Å². The van der Waals surface area contributed by atoms with Crippen molar-refractivity contribution in [1.82, 2.24) is 14.7 Å². The number of benzene rings is 1. The van der Waals surface area contributed by atoms with Crippen LogP contribution in [-0.2, 0) is 16.1 Å². The second kappa shape index (κ2) is 8.85. The molecule has 148 valence electrons. The molecule has 0 atom stereocenters. The van der Waals surface area contributed by atoms with Gasteiger partial charge in [0.1, 0.15) is 0 Å². The van der Waals surface area contributed by atoms with E-state index in [2.05, 4.69) is 0 Å². The highest BCUT2D eigenvalue weighted by molar-refractivity contribution is 6.44. The van der Waals surface area contributed by atoms with Crippen molar-refractivity contribution in [2.45, 2.75) is 27.3 Å². The molecule has 0 spiro atoms. The summed E-state index contributed by atoms with van der Waals surface area (Å²) in [6.07, 6.45) is 0. The molecule has 1 fully saturated rings. The molecule has 0 aliphatic carbocycles. The van der Waals surface area contributed by atoms with E-state index in [-0.39, 0.29) is 19.1 Å². The number of ether oxygens (including phenoxy) is 2. The quantitative estimate of drug-likeness (QED) is 0.483. The van der Waals surface area contributed by atoms with Crippen LogP contribution >= 0.6 is 0 Å². The standard InChI is InChI=1S/C19H27N3O5/c1-6-27-15-8-7-14(9-16(15)26-5)11-20(4)12-22-18(24)17(23)21(19(22)25)10-13(2)3/h7-9,13H,6,10-12H2,1-5H3. The lowest BCUT2D eigenvalue weighted by Crippen LogP contribution is -2.41. The smallest absolute Gasteiger partial charge is 0.335 e. The molecule has 8 heteroatoms. The molecule has 0 radical (unpaired) electrons. The van der Waals surface area contributed by atoms with Gasteiger partial charge in [-0.05, 0) is 37.6 Å². The fraction of sp³-hybridized carbons (Fsp3) is 0.526. The molecular weight excluding hydrogens is 350 g/mol. The van der Waals surface area contributed by atoms with Crippen LogP contribution in [-0.4, -0.2) is 66.5 Å². The molecule has 4 amide bonds. The maximum atomic E-state index is 12.4. The molecule has 2 rings (SSSR count). The van der Waals surface area contributed by atoms with Crippen LogP contribution in [0.3, 0.4) is 0 Å². The maximum absolute atomic E-state index is 12.4. The summed E-state index contributed by atoms with van der Waals surface area (Å²) in [7, 11) is 3.35. The fourth-order valence-electron chi connectivity index (χ4n) is 2.89. The number of methoxy groups -OCH3 is 1. The summed E-state index contributed by atoms with van der Waals surface area (Å²) in [4.78, 5) is 40.4. The molecule has 0 bridgehead atoms. The molecule has 8 nitrogen and oxygen atoms in total. The SMILES string of the molecule is CCOc1ccc(CN(C)CN2C(=O)C(=O)N(CC(C)C)C2=O)cc1OC. The van der Waals surface area contributed by atoms with Crippen molar-refractivity contribution in [2.24, 2.45) is 5.92 Å². The van der Waals surface area contributed by atoms with E-state index >= 15 is 0 Å². The van der Waals surface area contributed by atoms with Crippen LogP contribution in [0.4, 0.5) is 4.79 Å². The maximum Gasteiger partial charge on any atom is 0.335 e. The molecule has 1 aromatic carbocycles. The Morgan fingerprint density at radius 1 is 1.07 bits per heavy atom. The van der Waals surface area contributed by atoms with E-state index in [4.69, 9.17) is 9.47 Å². The monoisotopic (exact) mass is 377 g/mol. The van der Waals surface area contributed by atoms with Crippen LogP contribution in [0.2, 0.25) is 0 Å². The molecule has 0 aromatic heterocycles. The number of carbonyl (C=O) groups is 3. The van der Waals surface area contributed by atoms with E-state index in [1.807, 2.05) is 39.0 Å². The zero-order valence-corrected chi connectivity index (χ0v) is 16.5. The summed E-state index contributed by atoms with van der Waals surface area (Å²) in [5, 5.41) is 0. The molecule has 1 aliphatic rings. The minimum atomic E-state index is -0.781. The Hall–Kier alpha value is -2.61. The average Bonchev–Trinajstić information content (AvgIpc) is 2.81. The van der Waals surface area contributed by atoms with Crippen LogP contribution in [0.15, 0.2) is 18.2 Å². The highest BCUT2D eigenvalue weighted by Crippen LogP contribution is 2.28. The molecule has 0 N–H and O–H groups in total. The number of imide groups is 2. The van der Waals surface area contributed by atoms with E-state index in [1.54, 1.807) is 19.1 Å². The van der Waals surface area contributed by atoms with Gasteiger partial charge in [0.25, 0.3) is 0 Å². The number of urea groups is 1. The van der Waals surface area contributed by atoms with Gasteiger partial charge in [-0.25, -0.2) is 9.69 Å². The Kier molecular flexibility index (Phi) is 6.79. The summed E-state index contributed by atoms with van der Waals surface area (Å²) in [6.45, 7) is 6.95. The molecule has 1 saturated heterocycles. The summed E-state index contributed by atoms with van der Waals surface area (Å²) < 4.78 is 10.8. The fourth-order valence-corrected chi connectivity index (χ4v) is 2.89. The first-order valence-corrected chi connectivity index (χ1v) is 8.94. The third kappa shape index (κ3) is 4.77. The molecule has 0 saturated carbocycles. The van der Waals surface area contributed by atoms with Crippen molar-refractivity contribution in [1.29, 1.82) is 0 Å². The van der Waals surface area contributed by atoms with Gasteiger partial charge in [0.05, 0.1) is 20.4 Å². The van der Waals surface area contributed by atoms with Gasteiger partial charge >= 0.3 is 17.8 Å². The van der Waals surface area contributed by atoms with E-state index in [9.17, 15) is 14.4 Å². The van der Waals surface area contributed by atoms with Crippen LogP contribution < -0.4 is 9.47 Å². The van der Waals surface area contributed by atoms with E-state index < -0.39 is 17.8 Å². The topological polar surface area (TPSA) is 79.4 Å². The van der Waals surface area contributed by atoms with Crippen LogP contribution in [0.1, 0.15) is 26.3 Å². The van der Waals surface area contributed by atoms with Gasteiger partial charge in [0.2, 0.25) is 0 Å². The normalized spacial score (nSPS) is 14.7. The van der Waals surface area contributed by atoms with E-state index in [1.165, 1.54) is 0 Å². The lowest BCUT2D eigenvalue weighted by atomic mass is 10.2. The van der Waals surface area contributed by atoms with Gasteiger partial charge in [0, 0.05) is 13.1 Å². The molecule has 1 heterocycles. The average molecular weight is 377 g/mol. The predicted molar refractivity (Wildman–Crippen MR) is 99.3 cm³/mol. The van der Waals surface area contributed by atoms with Gasteiger partial charge < -0.3 is 9.47 Å². The molecule has 1 aliphatic heterocycles. The van der Waals surface area contributed by atoms with Crippen molar-refractivity contribution in [2.75, 3.05) is 34.0 Å². The summed E-state index contributed by atoms with van der Waals surface area (Å²) in [5.41, 5.74) is 0.933. The van der Waals surface area contributed by atoms with Crippen LogP contribution in [0, 0.1) is 5.92 Å². The van der Waals surface area contributed by atoms with Crippen molar-refractivity contribution in [3.05, 3.63) is 23.8 Å². The summed E-state index contributed by atoms with van der Waals surface area (Å²) >= 11 is 0. The first kappa shape index (κ1) is 20.7. The van der Waals surface area contributed by atoms with Gasteiger partial charge in [-0.2, -0.15) is 0 Å². The largest absolute Gasteiger partial charge is 0.493 e. The third-order valence-corrected chi connectivity index (χ3v) is 4.05. The van der Waals surface area contributed by atoms with Crippen LogP contribution in [0.5, 0.6) is 11.5 Å². The number of carbonyl (C=O) groups excluding carboxylic acids is 3. The summed E-state index contributed by atoms with van der Waals surface area (Å²) in [6, 6.07) is 5.01. The number of nitrogens with zero attached hydrogens (tertiary/aromatic N) is 3. The highest BCUT2D eigenvalue weighted by atomic mass is 16.5. The molecule has 1 aromatic rings. The first-order chi connectivity index (χ1) is 12.8. The lowest BCUT2D eigenvalue weighted by molar-refractivity contribution is -0.144. The second-order valence-electron chi connectivity index (χ2n) is 6.90. The second-order valence-corrected chi connectivity index (χ2v) is 6.90. The van der Waals surface area contributed by atoms with Crippen molar-refractivity contribution in [3.8, 4) is 11.5 Å². The minimum absolute atomic E-state index is 0.0352. The number of hydrogen-bond donors (Lipinski definition) is 0. The Labute approximate surface area is 159 Å². The number of rotatable bonds is 9. The highest BCUT2D eigenvalue weighted by Gasteiger charge is 2.44. The van der Waals surface area contributed by atoms with Crippen LogP contribution in [0.25, 0.3) is 0 Å². The Balaban J connectivity index is 2.05. The van der Waals surface area contributed by atoms with Gasteiger partial charge in [-0.15, -0.1) is 0 Å². The Morgan fingerprint density at radius 2 is 1.74 bits per heavy atom.